The minimum Gasteiger partial charge on any atom is -0.465 e. The van der Waals surface area contributed by atoms with Crippen LogP contribution in [0.4, 0.5) is 0 Å². The predicted octanol–water partition coefficient (Wildman–Crippen LogP) is 1.22. The van der Waals surface area contributed by atoms with Gasteiger partial charge in [-0.2, -0.15) is 0 Å². The molecule has 0 aromatic heterocycles. The third-order valence-electron chi connectivity index (χ3n) is 3.05. The molecule has 21 heavy (non-hydrogen) atoms. The van der Waals surface area contributed by atoms with Gasteiger partial charge in [0.25, 0.3) is 0 Å². The summed E-state index contributed by atoms with van der Waals surface area (Å²) in [6.07, 6.45) is 1.05. The highest BCUT2D eigenvalue weighted by molar-refractivity contribution is 7.89. The molecule has 2 N–H and O–H groups in total. The number of benzene rings is 1. The van der Waals surface area contributed by atoms with Gasteiger partial charge in [0, 0.05) is 12.6 Å². The molecule has 1 atom stereocenters. The smallest absolute Gasteiger partial charge is 0.337 e. The van der Waals surface area contributed by atoms with Gasteiger partial charge in [-0.05, 0) is 44.4 Å². The Labute approximate surface area is 125 Å². The van der Waals surface area contributed by atoms with Crippen molar-refractivity contribution in [2.75, 3.05) is 13.7 Å². The van der Waals surface area contributed by atoms with Crippen LogP contribution in [0.25, 0.3) is 0 Å². The number of carbonyl (C=O) groups excluding carboxylic acids is 1. The summed E-state index contributed by atoms with van der Waals surface area (Å²) >= 11 is 0. The normalized spacial score (nSPS) is 13.0. The highest BCUT2D eigenvalue weighted by Gasteiger charge is 2.21. The summed E-state index contributed by atoms with van der Waals surface area (Å²) in [5.41, 5.74) is 0.732. The maximum absolute atomic E-state index is 12.4. The second-order valence-electron chi connectivity index (χ2n) is 4.86. The van der Waals surface area contributed by atoms with E-state index in [0.717, 1.165) is 0 Å². The first-order valence-corrected chi connectivity index (χ1v) is 8.12. The minimum absolute atomic E-state index is 0.0168. The summed E-state index contributed by atoms with van der Waals surface area (Å²) < 4.78 is 31.9. The fraction of sp³-hybridized carbons (Fsp3) is 0.500. The molecule has 0 aliphatic carbocycles. The number of nitrogens with one attached hydrogen (secondary N) is 1. The molecule has 0 amide bonds. The number of aryl methyl sites for hydroxylation is 1. The molecule has 0 fully saturated rings. The van der Waals surface area contributed by atoms with Gasteiger partial charge in [0.05, 0.1) is 17.6 Å². The first kappa shape index (κ1) is 17.6. The van der Waals surface area contributed by atoms with Crippen molar-refractivity contribution in [1.82, 2.24) is 4.72 Å². The number of hydrogen-bond donors (Lipinski definition) is 2. The molecule has 1 aromatic rings. The van der Waals surface area contributed by atoms with E-state index >= 15 is 0 Å². The monoisotopic (exact) mass is 315 g/mol. The Morgan fingerprint density at radius 1 is 1.43 bits per heavy atom. The van der Waals surface area contributed by atoms with Crippen molar-refractivity contribution in [3.63, 3.8) is 0 Å². The van der Waals surface area contributed by atoms with Crippen molar-refractivity contribution in [1.29, 1.82) is 0 Å². The number of methoxy groups -OCH3 is 1. The van der Waals surface area contributed by atoms with Crippen LogP contribution in [0, 0.1) is 6.92 Å². The lowest BCUT2D eigenvalue weighted by molar-refractivity contribution is 0.0600. The van der Waals surface area contributed by atoms with Crippen LogP contribution in [0.2, 0.25) is 0 Å². The minimum atomic E-state index is -3.72. The van der Waals surface area contributed by atoms with Crippen LogP contribution in [-0.4, -0.2) is 39.3 Å². The molecule has 0 aliphatic heterocycles. The Morgan fingerprint density at radius 2 is 2.10 bits per heavy atom. The fourth-order valence-electron chi connectivity index (χ4n) is 1.92. The first-order valence-electron chi connectivity index (χ1n) is 6.64. The van der Waals surface area contributed by atoms with E-state index in [1.165, 1.54) is 19.2 Å². The van der Waals surface area contributed by atoms with E-state index in [-0.39, 0.29) is 23.1 Å². The van der Waals surface area contributed by atoms with E-state index in [4.69, 9.17) is 5.11 Å². The van der Waals surface area contributed by atoms with Crippen molar-refractivity contribution < 1.29 is 23.1 Å². The summed E-state index contributed by atoms with van der Waals surface area (Å²) in [4.78, 5) is 11.6. The van der Waals surface area contributed by atoms with Crippen molar-refractivity contribution in [2.24, 2.45) is 0 Å². The molecule has 0 radical (unpaired) electrons. The number of aliphatic hydroxyl groups excluding tert-OH is 1. The van der Waals surface area contributed by atoms with Crippen LogP contribution < -0.4 is 4.72 Å². The van der Waals surface area contributed by atoms with Crippen LogP contribution in [0.3, 0.4) is 0 Å². The van der Waals surface area contributed by atoms with E-state index < -0.39 is 16.0 Å². The molecule has 1 rings (SSSR count). The summed E-state index contributed by atoms with van der Waals surface area (Å²) in [6, 6.07) is 4.10. The average Bonchev–Trinajstić information content (AvgIpc) is 2.44. The lowest BCUT2D eigenvalue weighted by Gasteiger charge is -2.15. The number of rotatable bonds is 7. The Balaban J connectivity index is 3.04. The predicted molar refractivity (Wildman–Crippen MR) is 78.6 cm³/mol. The zero-order chi connectivity index (χ0) is 16.0. The third-order valence-corrected chi connectivity index (χ3v) is 4.78. The highest BCUT2D eigenvalue weighted by Crippen LogP contribution is 2.18. The molecule has 0 saturated heterocycles. The molecule has 7 heteroatoms. The van der Waals surface area contributed by atoms with Gasteiger partial charge < -0.3 is 9.84 Å². The largest absolute Gasteiger partial charge is 0.465 e. The van der Waals surface area contributed by atoms with Crippen LogP contribution in [-0.2, 0) is 14.8 Å². The van der Waals surface area contributed by atoms with Crippen LogP contribution >= 0.6 is 0 Å². The van der Waals surface area contributed by atoms with Gasteiger partial charge in [0.2, 0.25) is 10.0 Å². The molecular weight excluding hydrogens is 294 g/mol. The molecule has 1 aromatic carbocycles. The van der Waals surface area contributed by atoms with Gasteiger partial charge in [-0.15, -0.1) is 0 Å². The van der Waals surface area contributed by atoms with Gasteiger partial charge in [-0.1, -0.05) is 6.07 Å². The van der Waals surface area contributed by atoms with Crippen molar-refractivity contribution in [3.8, 4) is 0 Å². The molecule has 0 bridgehead atoms. The Hall–Kier alpha value is -1.44. The van der Waals surface area contributed by atoms with Crippen molar-refractivity contribution in [3.05, 3.63) is 29.3 Å². The zero-order valence-electron chi connectivity index (χ0n) is 12.4. The number of esters is 1. The maximum atomic E-state index is 12.4. The first-order chi connectivity index (χ1) is 9.81. The summed E-state index contributed by atoms with van der Waals surface area (Å²) in [5, 5.41) is 8.77. The Kier molecular flexibility index (Phi) is 6.32. The SMILES string of the molecule is COC(=O)c1ccc(C)c(S(=O)(=O)NC(C)CCCO)c1. The highest BCUT2D eigenvalue weighted by atomic mass is 32.2. The lowest BCUT2D eigenvalue weighted by atomic mass is 10.1. The summed E-state index contributed by atoms with van der Waals surface area (Å²) in [7, 11) is -2.48. The lowest BCUT2D eigenvalue weighted by Crippen LogP contribution is -2.33. The van der Waals surface area contributed by atoms with Gasteiger partial charge in [-0.25, -0.2) is 17.9 Å². The van der Waals surface area contributed by atoms with Gasteiger partial charge in [0.1, 0.15) is 0 Å². The van der Waals surface area contributed by atoms with E-state index in [2.05, 4.69) is 9.46 Å². The standard InChI is InChI=1S/C14H21NO5S/c1-10-6-7-12(14(17)20-3)9-13(10)21(18,19)15-11(2)5-4-8-16/h6-7,9,11,15-16H,4-5,8H2,1-3H3. The second-order valence-corrected chi connectivity index (χ2v) is 6.54. The van der Waals surface area contributed by atoms with Crippen molar-refractivity contribution >= 4 is 16.0 Å². The molecule has 0 heterocycles. The number of carbonyl (C=O) groups is 1. The zero-order valence-corrected chi connectivity index (χ0v) is 13.2. The van der Waals surface area contributed by atoms with E-state index in [9.17, 15) is 13.2 Å². The third kappa shape index (κ3) is 4.80. The molecule has 1 unspecified atom stereocenters. The number of sulfonamides is 1. The molecule has 118 valence electrons. The second kappa shape index (κ2) is 7.53. The molecule has 0 saturated carbocycles. The molecular formula is C14H21NO5S. The van der Waals surface area contributed by atoms with Crippen molar-refractivity contribution in [2.45, 2.75) is 37.6 Å². The fourth-order valence-corrected chi connectivity index (χ4v) is 3.47. The summed E-state index contributed by atoms with van der Waals surface area (Å²) in [5.74, 6) is -0.584. The van der Waals surface area contributed by atoms with Crippen LogP contribution in [0.5, 0.6) is 0 Å². The Morgan fingerprint density at radius 3 is 2.67 bits per heavy atom. The van der Waals surface area contributed by atoms with Gasteiger partial charge in [0.15, 0.2) is 0 Å². The number of aliphatic hydroxyl groups is 1. The van der Waals surface area contributed by atoms with E-state index in [1.807, 2.05) is 0 Å². The average molecular weight is 315 g/mol. The number of hydrogen-bond acceptors (Lipinski definition) is 5. The quantitative estimate of drug-likeness (QED) is 0.738. The maximum Gasteiger partial charge on any atom is 0.337 e. The van der Waals surface area contributed by atoms with Gasteiger partial charge in [-0.3, -0.25) is 0 Å². The molecule has 6 nitrogen and oxygen atoms in total. The van der Waals surface area contributed by atoms with Gasteiger partial charge >= 0.3 is 5.97 Å². The number of ether oxygens (including phenoxy) is 1. The summed E-state index contributed by atoms with van der Waals surface area (Å²) in [6.45, 7) is 3.41. The molecule has 0 spiro atoms. The van der Waals surface area contributed by atoms with E-state index in [1.54, 1.807) is 19.9 Å². The Bertz CT molecular complexity index is 597. The topological polar surface area (TPSA) is 92.7 Å². The van der Waals surface area contributed by atoms with Crippen LogP contribution in [0.1, 0.15) is 35.7 Å². The molecule has 0 aliphatic rings. The van der Waals surface area contributed by atoms with E-state index in [0.29, 0.717) is 18.4 Å². The van der Waals surface area contributed by atoms with Crippen LogP contribution in [0.15, 0.2) is 23.1 Å².